The summed E-state index contributed by atoms with van der Waals surface area (Å²) in [4.78, 5) is 12.2. The van der Waals surface area contributed by atoms with Crippen molar-refractivity contribution in [3.8, 4) is 0 Å². The third-order valence-electron chi connectivity index (χ3n) is 3.95. The summed E-state index contributed by atoms with van der Waals surface area (Å²) < 4.78 is 7.02. The maximum absolute atomic E-state index is 12.2. The third-order valence-corrected chi connectivity index (χ3v) is 3.95. The highest BCUT2D eigenvalue weighted by Crippen LogP contribution is 2.25. The Kier molecular flexibility index (Phi) is 3.64. The van der Waals surface area contributed by atoms with E-state index < -0.39 is 5.60 Å². The Labute approximate surface area is 112 Å². The van der Waals surface area contributed by atoms with Crippen LogP contribution in [0.2, 0.25) is 0 Å². The second-order valence-electron chi connectivity index (χ2n) is 5.22. The van der Waals surface area contributed by atoms with Crippen molar-refractivity contribution in [1.82, 2.24) is 15.1 Å². The predicted molar refractivity (Wildman–Crippen MR) is 70.0 cm³/mol. The molecule has 1 saturated heterocycles. The number of carbonyl (C=O) groups excluding carboxylic acids is 1. The average Bonchev–Trinajstić information content (AvgIpc) is 2.79. The number of carbonyl (C=O) groups is 1. The summed E-state index contributed by atoms with van der Waals surface area (Å²) in [6.07, 6.45) is 0.281. The van der Waals surface area contributed by atoms with Gasteiger partial charge in [0.15, 0.2) is 0 Å². The van der Waals surface area contributed by atoms with Gasteiger partial charge in [0.1, 0.15) is 5.60 Å². The lowest BCUT2D eigenvalue weighted by Gasteiger charge is -2.26. The summed E-state index contributed by atoms with van der Waals surface area (Å²) in [6, 6.07) is 0. The monoisotopic (exact) mass is 267 g/mol. The van der Waals surface area contributed by atoms with E-state index in [9.17, 15) is 9.90 Å². The number of aryl methyl sites for hydroxylation is 2. The lowest BCUT2D eigenvalue weighted by molar-refractivity contribution is -0.0251. The van der Waals surface area contributed by atoms with E-state index in [0.717, 1.165) is 5.69 Å². The van der Waals surface area contributed by atoms with E-state index in [0.29, 0.717) is 24.3 Å². The molecule has 0 spiro atoms. The van der Waals surface area contributed by atoms with Gasteiger partial charge in [-0.25, -0.2) is 0 Å². The Morgan fingerprint density at radius 2 is 2.32 bits per heavy atom. The summed E-state index contributed by atoms with van der Waals surface area (Å²) in [7, 11) is 1.81. The number of nitrogens with zero attached hydrogens (tertiary/aromatic N) is 2. The van der Waals surface area contributed by atoms with Crippen LogP contribution in [0.3, 0.4) is 0 Å². The van der Waals surface area contributed by atoms with Crippen molar-refractivity contribution in [2.45, 2.75) is 38.9 Å². The number of aromatic nitrogens is 2. The number of nitrogens with one attached hydrogen (secondary N) is 1. The molecule has 1 aliphatic rings. The number of amides is 1. The lowest BCUT2D eigenvalue weighted by Crippen LogP contribution is -2.47. The van der Waals surface area contributed by atoms with Crippen LogP contribution in [0.4, 0.5) is 0 Å². The maximum Gasteiger partial charge on any atom is 0.255 e. The van der Waals surface area contributed by atoms with Crippen molar-refractivity contribution in [3.63, 3.8) is 0 Å². The van der Waals surface area contributed by atoms with Crippen molar-refractivity contribution in [2.75, 3.05) is 13.2 Å². The normalized spacial score (nSPS) is 26.7. The molecule has 2 heterocycles. The maximum atomic E-state index is 12.2. The number of aliphatic hydroxyl groups is 1. The molecule has 2 N–H and O–H groups in total. The molecule has 1 amide bonds. The molecule has 1 aromatic heterocycles. The quantitative estimate of drug-likeness (QED) is 0.826. The van der Waals surface area contributed by atoms with E-state index in [2.05, 4.69) is 10.4 Å². The van der Waals surface area contributed by atoms with Gasteiger partial charge < -0.3 is 15.2 Å². The van der Waals surface area contributed by atoms with Crippen LogP contribution in [-0.2, 0) is 11.8 Å². The van der Waals surface area contributed by atoms with Gasteiger partial charge in [0, 0.05) is 32.3 Å². The standard InChI is InChI=1S/C13H21N3O3/c1-8-11(9(2)16(4)15-8)12(17)14-7-13(18)5-6-19-10(13)3/h10,18H,5-7H2,1-4H3,(H,14,17). The Bertz CT molecular complexity index is 498. The Morgan fingerprint density at radius 3 is 2.79 bits per heavy atom. The summed E-state index contributed by atoms with van der Waals surface area (Å²) in [6.45, 7) is 6.20. The molecule has 2 rings (SSSR count). The second-order valence-corrected chi connectivity index (χ2v) is 5.22. The first-order valence-corrected chi connectivity index (χ1v) is 6.47. The van der Waals surface area contributed by atoms with Crippen LogP contribution in [0.5, 0.6) is 0 Å². The molecule has 0 aliphatic carbocycles. The lowest BCUT2D eigenvalue weighted by atomic mass is 9.96. The minimum atomic E-state index is -0.973. The van der Waals surface area contributed by atoms with Gasteiger partial charge in [-0.05, 0) is 20.8 Å². The third kappa shape index (κ3) is 2.50. The molecule has 0 aromatic carbocycles. The van der Waals surface area contributed by atoms with E-state index >= 15 is 0 Å². The van der Waals surface area contributed by atoms with Gasteiger partial charge in [-0.3, -0.25) is 9.48 Å². The van der Waals surface area contributed by atoms with E-state index in [4.69, 9.17) is 4.74 Å². The van der Waals surface area contributed by atoms with Crippen LogP contribution in [0.1, 0.15) is 35.1 Å². The number of rotatable bonds is 3. The van der Waals surface area contributed by atoms with Crippen molar-refractivity contribution >= 4 is 5.91 Å². The Balaban J connectivity index is 2.06. The van der Waals surface area contributed by atoms with Gasteiger partial charge in [0.2, 0.25) is 0 Å². The summed E-state index contributed by atoms with van der Waals surface area (Å²) in [5.74, 6) is -0.198. The van der Waals surface area contributed by atoms with Crippen molar-refractivity contribution < 1.29 is 14.6 Å². The molecule has 6 nitrogen and oxygen atoms in total. The second kappa shape index (κ2) is 4.94. The van der Waals surface area contributed by atoms with E-state index in [1.807, 2.05) is 13.8 Å². The zero-order valence-corrected chi connectivity index (χ0v) is 11.9. The first-order chi connectivity index (χ1) is 8.85. The minimum absolute atomic E-state index is 0.195. The number of hydrogen-bond donors (Lipinski definition) is 2. The van der Waals surface area contributed by atoms with Gasteiger partial charge in [-0.15, -0.1) is 0 Å². The van der Waals surface area contributed by atoms with Gasteiger partial charge >= 0.3 is 0 Å². The van der Waals surface area contributed by atoms with Crippen LogP contribution in [0.15, 0.2) is 0 Å². The van der Waals surface area contributed by atoms with Crippen LogP contribution < -0.4 is 5.32 Å². The molecule has 1 aromatic rings. The zero-order valence-electron chi connectivity index (χ0n) is 11.9. The van der Waals surface area contributed by atoms with Crippen LogP contribution in [-0.4, -0.2) is 45.7 Å². The number of hydrogen-bond acceptors (Lipinski definition) is 4. The van der Waals surface area contributed by atoms with E-state index in [1.54, 1.807) is 18.7 Å². The molecule has 0 bridgehead atoms. The molecule has 0 radical (unpaired) electrons. The van der Waals surface area contributed by atoms with Crippen LogP contribution in [0.25, 0.3) is 0 Å². The molecule has 6 heteroatoms. The van der Waals surface area contributed by atoms with Crippen LogP contribution in [0, 0.1) is 13.8 Å². The highest BCUT2D eigenvalue weighted by atomic mass is 16.5. The largest absolute Gasteiger partial charge is 0.385 e. The molecule has 1 aliphatic heterocycles. The molecule has 2 unspecified atom stereocenters. The first kappa shape index (κ1) is 14.0. The fourth-order valence-electron chi connectivity index (χ4n) is 2.43. The van der Waals surface area contributed by atoms with E-state index in [1.165, 1.54) is 0 Å². The predicted octanol–water partition coefficient (Wildman–Crippen LogP) is 0.307. The Morgan fingerprint density at radius 1 is 1.63 bits per heavy atom. The fraction of sp³-hybridized carbons (Fsp3) is 0.692. The van der Waals surface area contributed by atoms with Gasteiger partial charge in [0.25, 0.3) is 5.91 Å². The molecular weight excluding hydrogens is 246 g/mol. The summed E-state index contributed by atoms with van der Waals surface area (Å²) >= 11 is 0. The van der Waals surface area contributed by atoms with Crippen molar-refractivity contribution in [1.29, 1.82) is 0 Å². The minimum Gasteiger partial charge on any atom is -0.385 e. The highest BCUT2D eigenvalue weighted by molar-refractivity contribution is 5.96. The SMILES string of the molecule is Cc1nn(C)c(C)c1C(=O)NCC1(O)CCOC1C. The first-order valence-electron chi connectivity index (χ1n) is 6.47. The average molecular weight is 267 g/mol. The van der Waals surface area contributed by atoms with Crippen molar-refractivity contribution in [2.24, 2.45) is 7.05 Å². The van der Waals surface area contributed by atoms with Gasteiger partial charge in [0.05, 0.1) is 17.4 Å². The molecule has 106 valence electrons. The van der Waals surface area contributed by atoms with E-state index in [-0.39, 0.29) is 18.6 Å². The highest BCUT2D eigenvalue weighted by Gasteiger charge is 2.39. The number of ether oxygens (including phenoxy) is 1. The molecule has 1 fully saturated rings. The Hall–Kier alpha value is -1.40. The molecular formula is C13H21N3O3. The molecule has 2 atom stereocenters. The topological polar surface area (TPSA) is 76.4 Å². The van der Waals surface area contributed by atoms with Crippen LogP contribution >= 0.6 is 0 Å². The summed E-state index contributed by atoms with van der Waals surface area (Å²) in [5.41, 5.74) is 1.12. The zero-order chi connectivity index (χ0) is 14.2. The fourth-order valence-corrected chi connectivity index (χ4v) is 2.43. The van der Waals surface area contributed by atoms with Gasteiger partial charge in [-0.1, -0.05) is 0 Å². The van der Waals surface area contributed by atoms with Gasteiger partial charge in [-0.2, -0.15) is 5.10 Å². The molecule has 19 heavy (non-hydrogen) atoms. The van der Waals surface area contributed by atoms with Crippen molar-refractivity contribution in [3.05, 3.63) is 17.0 Å². The smallest absolute Gasteiger partial charge is 0.255 e. The summed E-state index contributed by atoms with van der Waals surface area (Å²) in [5, 5.41) is 17.3. The molecule has 0 saturated carbocycles.